The van der Waals surface area contributed by atoms with Gasteiger partial charge in [-0.15, -0.1) is 0 Å². The van der Waals surface area contributed by atoms with Crippen LogP contribution in [0.15, 0.2) is 42.7 Å². The molecule has 2 fully saturated rings. The second kappa shape index (κ2) is 10.9. The number of rotatable bonds is 7. The summed E-state index contributed by atoms with van der Waals surface area (Å²) in [6, 6.07) is 9.14. The molecule has 9 heteroatoms. The van der Waals surface area contributed by atoms with Gasteiger partial charge in [0.25, 0.3) is 11.8 Å². The number of likely N-dealkylation sites (tertiary alicyclic amines) is 1. The smallest absolute Gasteiger partial charge is 0.273 e. The van der Waals surface area contributed by atoms with Crippen LogP contribution in [0.5, 0.6) is 5.75 Å². The molecular weight excluding hydrogens is 422 g/mol. The number of hydrogen-bond acceptors (Lipinski definition) is 6. The van der Waals surface area contributed by atoms with Gasteiger partial charge < -0.3 is 20.3 Å². The largest absolute Gasteiger partial charge is 0.484 e. The molecule has 1 aliphatic carbocycles. The van der Waals surface area contributed by atoms with Crippen molar-refractivity contribution < 1.29 is 19.1 Å². The highest BCUT2D eigenvalue weighted by molar-refractivity contribution is 6.01. The molecule has 2 heterocycles. The van der Waals surface area contributed by atoms with Gasteiger partial charge in [0.05, 0.1) is 0 Å². The Morgan fingerprint density at radius 2 is 1.67 bits per heavy atom. The molecule has 1 saturated heterocycles. The first-order chi connectivity index (χ1) is 16.1. The molecular formula is C24H29N5O4. The third kappa shape index (κ3) is 6.06. The summed E-state index contributed by atoms with van der Waals surface area (Å²) in [5.41, 5.74) is 0.110. The zero-order chi connectivity index (χ0) is 23.0. The lowest BCUT2D eigenvalue weighted by Crippen LogP contribution is -2.47. The number of nitrogens with zero attached hydrogens (tertiary/aromatic N) is 3. The van der Waals surface area contributed by atoms with Crippen LogP contribution in [0.1, 0.15) is 49.0 Å². The third-order valence-electron chi connectivity index (χ3n) is 6.17. The Kier molecular flexibility index (Phi) is 7.49. The van der Waals surface area contributed by atoms with Gasteiger partial charge in [0.15, 0.2) is 18.1 Å². The molecule has 2 aliphatic rings. The number of hydrogen-bond donors (Lipinski definition) is 2. The van der Waals surface area contributed by atoms with Crippen molar-refractivity contribution in [3.05, 3.63) is 48.4 Å². The standard InChI is InChI=1S/C24H29N5O4/c30-20(16-33-19-8-2-1-3-9-19)29-14-10-18(11-15-29)27-24(32)21-22(26-13-12-25-21)28-23(31)17-6-4-5-7-17/h1-3,8-9,12-13,17-18H,4-7,10-11,14-16H2,(H,27,32)(H,26,28,31). The van der Waals surface area contributed by atoms with Gasteiger partial charge in [0.1, 0.15) is 5.75 Å². The first-order valence-electron chi connectivity index (χ1n) is 11.5. The van der Waals surface area contributed by atoms with Crippen LogP contribution in [0.3, 0.4) is 0 Å². The summed E-state index contributed by atoms with van der Waals surface area (Å²) in [5, 5.41) is 5.75. The third-order valence-corrected chi connectivity index (χ3v) is 6.17. The van der Waals surface area contributed by atoms with Crippen molar-refractivity contribution in [2.45, 2.75) is 44.6 Å². The number of carbonyl (C=O) groups is 3. The number of carbonyl (C=O) groups excluding carboxylic acids is 3. The quantitative estimate of drug-likeness (QED) is 0.668. The van der Waals surface area contributed by atoms with Gasteiger partial charge in [-0.2, -0.15) is 0 Å². The Hall–Kier alpha value is -3.49. The fourth-order valence-electron chi connectivity index (χ4n) is 4.28. The van der Waals surface area contributed by atoms with E-state index in [1.807, 2.05) is 30.3 Å². The SMILES string of the molecule is O=C(NC1CCN(C(=O)COc2ccccc2)CC1)c1nccnc1NC(=O)C1CCCC1. The van der Waals surface area contributed by atoms with Crippen molar-refractivity contribution in [2.75, 3.05) is 25.0 Å². The Bertz CT molecular complexity index is 970. The van der Waals surface area contributed by atoms with E-state index >= 15 is 0 Å². The topological polar surface area (TPSA) is 114 Å². The average Bonchev–Trinajstić information content (AvgIpc) is 3.39. The van der Waals surface area contributed by atoms with E-state index in [9.17, 15) is 14.4 Å². The predicted molar refractivity (Wildman–Crippen MR) is 122 cm³/mol. The molecule has 1 saturated carbocycles. The van der Waals surface area contributed by atoms with E-state index in [4.69, 9.17) is 4.74 Å². The number of piperidine rings is 1. The molecule has 1 aromatic heterocycles. The number of nitrogens with one attached hydrogen (secondary N) is 2. The summed E-state index contributed by atoms with van der Waals surface area (Å²) < 4.78 is 5.54. The maximum Gasteiger partial charge on any atom is 0.273 e. The van der Waals surface area contributed by atoms with Gasteiger partial charge in [-0.1, -0.05) is 31.0 Å². The average molecular weight is 452 g/mol. The van der Waals surface area contributed by atoms with Crippen LogP contribution in [0, 0.1) is 5.92 Å². The van der Waals surface area contributed by atoms with Crippen LogP contribution in [0.25, 0.3) is 0 Å². The fraction of sp³-hybridized carbons (Fsp3) is 0.458. The zero-order valence-electron chi connectivity index (χ0n) is 18.5. The Labute approximate surface area is 192 Å². The van der Waals surface area contributed by atoms with E-state index in [2.05, 4.69) is 20.6 Å². The molecule has 0 unspecified atom stereocenters. The minimum absolute atomic E-state index is 0.00923. The highest BCUT2D eigenvalue weighted by atomic mass is 16.5. The first-order valence-corrected chi connectivity index (χ1v) is 11.5. The van der Waals surface area contributed by atoms with Crippen molar-refractivity contribution in [2.24, 2.45) is 5.92 Å². The lowest BCUT2D eigenvalue weighted by atomic mass is 10.0. The van der Waals surface area contributed by atoms with Gasteiger partial charge >= 0.3 is 0 Å². The molecule has 0 atom stereocenters. The number of para-hydroxylation sites is 1. The Morgan fingerprint density at radius 3 is 2.39 bits per heavy atom. The van der Waals surface area contributed by atoms with E-state index in [0.29, 0.717) is 31.7 Å². The van der Waals surface area contributed by atoms with E-state index in [1.54, 1.807) is 4.90 Å². The molecule has 4 rings (SSSR count). The molecule has 33 heavy (non-hydrogen) atoms. The zero-order valence-corrected chi connectivity index (χ0v) is 18.5. The first kappa shape index (κ1) is 22.7. The summed E-state index contributed by atoms with van der Waals surface area (Å²) in [5.74, 6) is 0.268. The highest BCUT2D eigenvalue weighted by Crippen LogP contribution is 2.26. The van der Waals surface area contributed by atoms with Crippen LogP contribution in [-0.4, -0.2) is 58.3 Å². The van der Waals surface area contributed by atoms with Crippen LogP contribution in [0.2, 0.25) is 0 Å². The van der Waals surface area contributed by atoms with Crippen molar-refractivity contribution in [3.63, 3.8) is 0 Å². The van der Waals surface area contributed by atoms with Gasteiger partial charge in [-0.05, 0) is 37.8 Å². The Balaban J connectivity index is 1.26. The van der Waals surface area contributed by atoms with Gasteiger partial charge in [-0.25, -0.2) is 9.97 Å². The summed E-state index contributed by atoms with van der Waals surface area (Å²) in [7, 11) is 0. The summed E-state index contributed by atoms with van der Waals surface area (Å²) in [6.07, 6.45) is 7.98. The van der Waals surface area contributed by atoms with Crippen molar-refractivity contribution in [1.82, 2.24) is 20.2 Å². The highest BCUT2D eigenvalue weighted by Gasteiger charge is 2.27. The molecule has 0 bridgehead atoms. The predicted octanol–water partition coefficient (Wildman–Crippen LogP) is 2.41. The molecule has 9 nitrogen and oxygen atoms in total. The molecule has 174 valence electrons. The summed E-state index contributed by atoms with van der Waals surface area (Å²) in [6.45, 7) is 1.06. The van der Waals surface area contributed by atoms with Crippen molar-refractivity contribution in [1.29, 1.82) is 0 Å². The van der Waals surface area contributed by atoms with Crippen LogP contribution in [0.4, 0.5) is 5.82 Å². The van der Waals surface area contributed by atoms with E-state index in [0.717, 1.165) is 25.7 Å². The molecule has 3 amide bonds. The number of aromatic nitrogens is 2. The maximum absolute atomic E-state index is 12.8. The molecule has 0 radical (unpaired) electrons. The molecule has 2 aromatic rings. The number of ether oxygens (including phenoxy) is 1. The monoisotopic (exact) mass is 451 g/mol. The van der Waals surface area contributed by atoms with E-state index < -0.39 is 0 Å². The second-order valence-electron chi connectivity index (χ2n) is 8.45. The van der Waals surface area contributed by atoms with Crippen molar-refractivity contribution >= 4 is 23.5 Å². The van der Waals surface area contributed by atoms with Gasteiger partial charge in [-0.3, -0.25) is 14.4 Å². The molecule has 1 aliphatic heterocycles. The van der Waals surface area contributed by atoms with E-state index in [1.165, 1.54) is 12.4 Å². The number of amides is 3. The van der Waals surface area contributed by atoms with E-state index in [-0.39, 0.29) is 47.8 Å². The van der Waals surface area contributed by atoms with Gasteiger partial charge in [0.2, 0.25) is 5.91 Å². The fourth-order valence-corrected chi connectivity index (χ4v) is 4.28. The van der Waals surface area contributed by atoms with Crippen LogP contribution in [-0.2, 0) is 9.59 Å². The minimum Gasteiger partial charge on any atom is -0.484 e. The summed E-state index contributed by atoms with van der Waals surface area (Å²) in [4.78, 5) is 47.8. The second-order valence-corrected chi connectivity index (χ2v) is 8.45. The lowest BCUT2D eigenvalue weighted by Gasteiger charge is -2.32. The minimum atomic E-state index is -0.373. The lowest BCUT2D eigenvalue weighted by molar-refractivity contribution is -0.134. The Morgan fingerprint density at radius 1 is 0.970 bits per heavy atom. The molecule has 1 aromatic carbocycles. The molecule has 2 N–H and O–H groups in total. The molecule has 0 spiro atoms. The normalized spacial score (nSPS) is 16.9. The van der Waals surface area contributed by atoms with Crippen molar-refractivity contribution in [3.8, 4) is 5.75 Å². The summed E-state index contributed by atoms with van der Waals surface area (Å²) >= 11 is 0. The number of anilines is 1. The number of benzene rings is 1. The van der Waals surface area contributed by atoms with Gasteiger partial charge in [0, 0.05) is 37.4 Å². The van der Waals surface area contributed by atoms with Crippen LogP contribution >= 0.6 is 0 Å². The van der Waals surface area contributed by atoms with Crippen LogP contribution < -0.4 is 15.4 Å². The maximum atomic E-state index is 12.8.